The SMILES string of the molecule is CN=C(NCCCC(=O)N1CCc2ccccc21)NC(C)Cc1ccc(C)s1. The van der Waals surface area contributed by atoms with Crippen LogP contribution in [-0.4, -0.2) is 38.0 Å². The Hall–Kier alpha value is -2.34. The maximum atomic E-state index is 12.6. The number of thiophene rings is 1. The van der Waals surface area contributed by atoms with Gasteiger partial charge in [0.05, 0.1) is 0 Å². The van der Waals surface area contributed by atoms with Crippen molar-refractivity contribution >= 4 is 28.9 Å². The van der Waals surface area contributed by atoms with Gasteiger partial charge in [-0.3, -0.25) is 9.79 Å². The van der Waals surface area contributed by atoms with Crippen LogP contribution in [0.25, 0.3) is 0 Å². The van der Waals surface area contributed by atoms with Crippen molar-refractivity contribution in [1.29, 1.82) is 0 Å². The Kier molecular flexibility index (Phi) is 7.09. The van der Waals surface area contributed by atoms with Gasteiger partial charge in [0.15, 0.2) is 5.96 Å². The zero-order chi connectivity index (χ0) is 19.9. The first-order valence-corrected chi connectivity index (χ1v) is 10.8. The molecule has 0 spiro atoms. The third-order valence-electron chi connectivity index (χ3n) is 4.96. The average molecular weight is 399 g/mol. The van der Waals surface area contributed by atoms with Crippen molar-refractivity contribution < 1.29 is 4.79 Å². The lowest BCUT2D eigenvalue weighted by Gasteiger charge is -2.19. The summed E-state index contributed by atoms with van der Waals surface area (Å²) in [6.45, 7) is 5.82. The number of hydrogen-bond acceptors (Lipinski definition) is 3. The van der Waals surface area contributed by atoms with E-state index in [4.69, 9.17) is 0 Å². The second-order valence-electron chi connectivity index (χ2n) is 7.29. The average Bonchev–Trinajstić information content (AvgIpc) is 3.30. The molecule has 0 aliphatic carbocycles. The molecule has 28 heavy (non-hydrogen) atoms. The van der Waals surface area contributed by atoms with Gasteiger partial charge in [0.2, 0.25) is 5.91 Å². The van der Waals surface area contributed by atoms with Gasteiger partial charge in [-0.05, 0) is 50.5 Å². The Bertz CT molecular complexity index is 829. The molecule has 2 heterocycles. The van der Waals surface area contributed by atoms with Gasteiger partial charge in [-0.2, -0.15) is 0 Å². The number of guanidine groups is 1. The molecule has 0 bridgehead atoms. The van der Waals surface area contributed by atoms with E-state index in [0.29, 0.717) is 12.5 Å². The Morgan fingerprint density at radius 2 is 2.11 bits per heavy atom. The normalized spacial score (nSPS) is 14.7. The third-order valence-corrected chi connectivity index (χ3v) is 5.98. The summed E-state index contributed by atoms with van der Waals surface area (Å²) < 4.78 is 0. The highest BCUT2D eigenvalue weighted by Gasteiger charge is 2.23. The fraction of sp³-hybridized carbons (Fsp3) is 0.455. The predicted molar refractivity (Wildman–Crippen MR) is 118 cm³/mol. The van der Waals surface area contributed by atoms with Crippen LogP contribution in [0.5, 0.6) is 0 Å². The van der Waals surface area contributed by atoms with Crippen LogP contribution in [-0.2, 0) is 17.6 Å². The van der Waals surface area contributed by atoms with Gasteiger partial charge in [0.1, 0.15) is 0 Å². The number of nitrogens with zero attached hydrogens (tertiary/aromatic N) is 2. The van der Waals surface area contributed by atoms with Crippen LogP contribution in [0, 0.1) is 6.92 Å². The van der Waals surface area contributed by atoms with Gasteiger partial charge in [-0.15, -0.1) is 11.3 Å². The molecule has 1 aliphatic heterocycles. The molecule has 1 amide bonds. The van der Waals surface area contributed by atoms with Gasteiger partial charge in [-0.25, -0.2) is 0 Å². The number of benzene rings is 1. The number of hydrogen-bond donors (Lipinski definition) is 2. The van der Waals surface area contributed by atoms with Crippen molar-refractivity contribution in [3.8, 4) is 0 Å². The summed E-state index contributed by atoms with van der Waals surface area (Å²) in [5.41, 5.74) is 2.35. The fourth-order valence-electron chi connectivity index (χ4n) is 3.55. The second kappa shape index (κ2) is 9.73. The minimum atomic E-state index is 0.205. The number of carbonyl (C=O) groups excluding carboxylic acids is 1. The lowest BCUT2D eigenvalue weighted by molar-refractivity contribution is -0.118. The highest BCUT2D eigenvalue weighted by Crippen LogP contribution is 2.27. The first kappa shape index (κ1) is 20.4. The predicted octanol–water partition coefficient (Wildman–Crippen LogP) is 3.52. The molecular formula is C22H30N4OS. The highest BCUT2D eigenvalue weighted by atomic mass is 32.1. The van der Waals surface area contributed by atoms with Gasteiger partial charge >= 0.3 is 0 Å². The molecule has 0 fully saturated rings. The molecule has 3 rings (SSSR count). The van der Waals surface area contributed by atoms with Crippen molar-refractivity contribution in [3.63, 3.8) is 0 Å². The Labute approximate surface area is 171 Å². The van der Waals surface area contributed by atoms with E-state index in [-0.39, 0.29) is 5.91 Å². The van der Waals surface area contributed by atoms with Gasteiger partial charge < -0.3 is 15.5 Å². The van der Waals surface area contributed by atoms with Crippen LogP contribution < -0.4 is 15.5 Å². The second-order valence-corrected chi connectivity index (χ2v) is 8.66. The van der Waals surface area contributed by atoms with Crippen LogP contribution >= 0.6 is 11.3 Å². The minimum absolute atomic E-state index is 0.205. The van der Waals surface area contributed by atoms with Crippen LogP contribution in [0.15, 0.2) is 41.4 Å². The van der Waals surface area contributed by atoms with E-state index < -0.39 is 0 Å². The smallest absolute Gasteiger partial charge is 0.227 e. The third kappa shape index (κ3) is 5.35. The lowest BCUT2D eigenvalue weighted by Crippen LogP contribution is -2.43. The zero-order valence-electron chi connectivity index (χ0n) is 17.0. The van der Waals surface area contributed by atoms with Crippen LogP contribution in [0.1, 0.15) is 35.1 Å². The minimum Gasteiger partial charge on any atom is -0.356 e. The van der Waals surface area contributed by atoms with E-state index in [1.54, 1.807) is 7.05 Å². The molecule has 0 saturated carbocycles. The van der Waals surface area contributed by atoms with Crippen LogP contribution in [0.2, 0.25) is 0 Å². The quantitative estimate of drug-likeness (QED) is 0.426. The molecule has 0 radical (unpaired) electrons. The first-order valence-electron chi connectivity index (χ1n) is 9.97. The number of para-hydroxylation sites is 1. The van der Waals surface area contributed by atoms with Gasteiger partial charge in [0, 0.05) is 54.5 Å². The molecule has 1 aromatic carbocycles. The Morgan fingerprint density at radius 1 is 1.29 bits per heavy atom. The zero-order valence-corrected chi connectivity index (χ0v) is 17.8. The van der Waals surface area contributed by atoms with Crippen molar-refractivity contribution in [2.75, 3.05) is 25.0 Å². The summed E-state index contributed by atoms with van der Waals surface area (Å²) in [5.74, 6) is 0.996. The number of anilines is 1. The molecule has 1 aromatic heterocycles. The summed E-state index contributed by atoms with van der Waals surface area (Å²) in [4.78, 5) is 21.5. The molecular weight excluding hydrogens is 368 g/mol. The van der Waals surface area contributed by atoms with Gasteiger partial charge in [0.25, 0.3) is 0 Å². The molecule has 2 aromatic rings. The molecule has 150 valence electrons. The molecule has 1 atom stereocenters. The summed E-state index contributed by atoms with van der Waals surface area (Å²) in [5, 5.41) is 6.76. The summed E-state index contributed by atoms with van der Waals surface area (Å²) in [7, 11) is 1.78. The number of fused-ring (bicyclic) bond motifs is 1. The van der Waals surface area contributed by atoms with E-state index in [1.807, 2.05) is 34.4 Å². The number of aryl methyl sites for hydroxylation is 1. The number of carbonyl (C=O) groups is 1. The van der Waals surface area contributed by atoms with E-state index in [2.05, 4.69) is 47.7 Å². The maximum absolute atomic E-state index is 12.6. The number of rotatable bonds is 7. The van der Waals surface area contributed by atoms with Crippen LogP contribution in [0.3, 0.4) is 0 Å². The first-order chi connectivity index (χ1) is 13.6. The van der Waals surface area contributed by atoms with Crippen molar-refractivity contribution in [3.05, 3.63) is 51.7 Å². The fourth-order valence-corrected chi connectivity index (χ4v) is 4.57. The largest absolute Gasteiger partial charge is 0.356 e. The number of aliphatic imine (C=N–C) groups is 1. The van der Waals surface area contributed by atoms with E-state index in [9.17, 15) is 4.79 Å². The van der Waals surface area contributed by atoms with Crippen molar-refractivity contribution in [2.45, 2.75) is 45.6 Å². The topological polar surface area (TPSA) is 56.7 Å². The summed E-state index contributed by atoms with van der Waals surface area (Å²) in [6, 6.07) is 12.8. The van der Waals surface area contributed by atoms with Crippen molar-refractivity contribution in [1.82, 2.24) is 10.6 Å². The summed E-state index contributed by atoms with van der Waals surface area (Å²) >= 11 is 1.84. The molecule has 6 heteroatoms. The molecule has 5 nitrogen and oxygen atoms in total. The summed E-state index contributed by atoms with van der Waals surface area (Å²) in [6.07, 6.45) is 3.27. The molecule has 0 saturated heterocycles. The lowest BCUT2D eigenvalue weighted by atomic mass is 10.2. The molecule has 1 unspecified atom stereocenters. The molecule has 2 N–H and O–H groups in total. The Balaban J connectivity index is 1.38. The van der Waals surface area contributed by atoms with E-state index in [0.717, 1.165) is 44.0 Å². The molecule has 1 aliphatic rings. The van der Waals surface area contributed by atoms with Crippen molar-refractivity contribution in [2.24, 2.45) is 4.99 Å². The van der Waals surface area contributed by atoms with Crippen LogP contribution in [0.4, 0.5) is 5.69 Å². The number of amides is 1. The van der Waals surface area contributed by atoms with E-state index in [1.165, 1.54) is 15.3 Å². The Morgan fingerprint density at radius 3 is 2.86 bits per heavy atom. The number of nitrogens with one attached hydrogen (secondary N) is 2. The standard InChI is InChI=1S/C22H30N4OS/c1-16(15-19-11-10-17(2)28-19)25-22(23-3)24-13-6-9-21(27)26-14-12-18-7-4-5-8-20(18)26/h4-5,7-8,10-11,16H,6,9,12-15H2,1-3H3,(H2,23,24,25). The van der Waals surface area contributed by atoms with E-state index >= 15 is 0 Å². The monoisotopic (exact) mass is 398 g/mol. The highest BCUT2D eigenvalue weighted by molar-refractivity contribution is 7.11. The maximum Gasteiger partial charge on any atom is 0.227 e. The van der Waals surface area contributed by atoms with Gasteiger partial charge in [-0.1, -0.05) is 18.2 Å².